The van der Waals surface area contributed by atoms with Crippen molar-refractivity contribution >= 4 is 11.6 Å². The molecule has 0 aliphatic rings. The summed E-state index contributed by atoms with van der Waals surface area (Å²) in [5.41, 5.74) is 7.51. The van der Waals surface area contributed by atoms with Gasteiger partial charge in [-0.2, -0.15) is 0 Å². The van der Waals surface area contributed by atoms with Gasteiger partial charge in [-0.25, -0.2) is 0 Å². The zero-order chi connectivity index (χ0) is 11.8. The van der Waals surface area contributed by atoms with E-state index in [9.17, 15) is 4.79 Å². The molecule has 0 fully saturated rings. The number of nitrogen functional groups attached to an aromatic ring is 1. The van der Waals surface area contributed by atoms with Crippen LogP contribution in [-0.4, -0.2) is 12.5 Å². The summed E-state index contributed by atoms with van der Waals surface area (Å²) in [7, 11) is 0. The first-order chi connectivity index (χ1) is 7.74. The predicted octanol–water partition coefficient (Wildman–Crippen LogP) is 1.34. The van der Waals surface area contributed by atoms with Crippen LogP contribution in [0.25, 0.3) is 0 Å². The highest BCUT2D eigenvalue weighted by Gasteiger charge is 2.03. The van der Waals surface area contributed by atoms with E-state index in [0.29, 0.717) is 25.8 Å². The van der Waals surface area contributed by atoms with Crippen LogP contribution in [0.4, 0.5) is 5.69 Å². The van der Waals surface area contributed by atoms with E-state index in [1.807, 2.05) is 24.3 Å². The lowest BCUT2D eigenvalue weighted by Gasteiger charge is -2.05. The Morgan fingerprint density at radius 2 is 2.19 bits per heavy atom. The summed E-state index contributed by atoms with van der Waals surface area (Å²) in [6.07, 6.45) is 6.75. The smallest absolute Gasteiger partial charge is 0.220 e. The molecular formula is C13H16N2O. The fourth-order valence-corrected chi connectivity index (χ4v) is 1.37. The van der Waals surface area contributed by atoms with Gasteiger partial charge in [-0.3, -0.25) is 4.79 Å². The second-order valence-corrected chi connectivity index (χ2v) is 3.50. The summed E-state index contributed by atoms with van der Waals surface area (Å²) in [5.74, 6) is 2.48. The van der Waals surface area contributed by atoms with E-state index in [0.717, 1.165) is 11.3 Å². The molecule has 1 rings (SSSR count). The van der Waals surface area contributed by atoms with Crippen molar-refractivity contribution < 1.29 is 4.79 Å². The number of carbonyl (C=O) groups is 1. The molecule has 3 nitrogen and oxygen atoms in total. The number of para-hydroxylation sites is 1. The van der Waals surface area contributed by atoms with Gasteiger partial charge in [0, 0.05) is 25.1 Å². The van der Waals surface area contributed by atoms with Gasteiger partial charge in [0.05, 0.1) is 0 Å². The number of nitrogens with one attached hydrogen (secondary N) is 1. The number of terminal acetylenes is 1. The van der Waals surface area contributed by atoms with Crippen molar-refractivity contribution in [2.75, 3.05) is 12.3 Å². The van der Waals surface area contributed by atoms with Crippen LogP contribution in [0.15, 0.2) is 24.3 Å². The molecule has 16 heavy (non-hydrogen) atoms. The second kappa shape index (κ2) is 6.52. The number of carbonyl (C=O) groups excluding carboxylic acids is 1. The van der Waals surface area contributed by atoms with E-state index in [1.54, 1.807) is 0 Å². The summed E-state index contributed by atoms with van der Waals surface area (Å²) in [5, 5.41) is 2.75. The molecule has 1 amide bonds. The molecule has 0 heterocycles. The molecule has 1 aromatic carbocycles. The van der Waals surface area contributed by atoms with Crippen LogP contribution in [0.3, 0.4) is 0 Å². The first-order valence-electron chi connectivity index (χ1n) is 5.27. The molecule has 0 aliphatic heterocycles. The van der Waals surface area contributed by atoms with Gasteiger partial charge in [-0.05, 0) is 18.1 Å². The van der Waals surface area contributed by atoms with Gasteiger partial charge in [0.15, 0.2) is 0 Å². The van der Waals surface area contributed by atoms with Crippen LogP contribution in [0, 0.1) is 12.3 Å². The highest BCUT2D eigenvalue weighted by atomic mass is 16.1. The number of hydrogen-bond acceptors (Lipinski definition) is 2. The van der Waals surface area contributed by atoms with Crippen molar-refractivity contribution in [1.82, 2.24) is 5.32 Å². The molecule has 3 heteroatoms. The molecule has 3 N–H and O–H groups in total. The second-order valence-electron chi connectivity index (χ2n) is 3.50. The Labute approximate surface area is 96.0 Å². The summed E-state index contributed by atoms with van der Waals surface area (Å²) in [6.45, 7) is 0.541. The van der Waals surface area contributed by atoms with Gasteiger partial charge in [0.1, 0.15) is 0 Å². The summed E-state index contributed by atoms with van der Waals surface area (Å²) >= 11 is 0. The fraction of sp³-hybridized carbons (Fsp3) is 0.308. The van der Waals surface area contributed by atoms with E-state index in [4.69, 9.17) is 12.2 Å². The van der Waals surface area contributed by atoms with Crippen LogP contribution in [0.2, 0.25) is 0 Å². The first kappa shape index (κ1) is 12.1. The van der Waals surface area contributed by atoms with Crippen LogP contribution < -0.4 is 11.1 Å². The van der Waals surface area contributed by atoms with Crippen molar-refractivity contribution in [2.45, 2.75) is 19.3 Å². The van der Waals surface area contributed by atoms with Crippen molar-refractivity contribution in [3.05, 3.63) is 29.8 Å². The average molecular weight is 216 g/mol. The van der Waals surface area contributed by atoms with Gasteiger partial charge in [-0.15, -0.1) is 12.3 Å². The molecule has 0 aromatic heterocycles. The minimum Gasteiger partial charge on any atom is -0.399 e. The third-order valence-corrected chi connectivity index (χ3v) is 2.27. The Morgan fingerprint density at radius 3 is 2.88 bits per heavy atom. The Balaban J connectivity index is 2.32. The number of aryl methyl sites for hydroxylation is 1. The number of benzene rings is 1. The van der Waals surface area contributed by atoms with Gasteiger partial charge >= 0.3 is 0 Å². The van der Waals surface area contributed by atoms with Crippen LogP contribution in [-0.2, 0) is 11.2 Å². The maximum absolute atomic E-state index is 11.4. The van der Waals surface area contributed by atoms with Crippen molar-refractivity contribution in [3.63, 3.8) is 0 Å². The van der Waals surface area contributed by atoms with Gasteiger partial charge in [0.25, 0.3) is 0 Å². The normalized spacial score (nSPS) is 9.44. The molecule has 0 aliphatic carbocycles. The number of amides is 1. The van der Waals surface area contributed by atoms with E-state index >= 15 is 0 Å². The zero-order valence-electron chi connectivity index (χ0n) is 9.20. The lowest BCUT2D eigenvalue weighted by Crippen LogP contribution is -2.24. The molecule has 0 atom stereocenters. The lowest BCUT2D eigenvalue weighted by atomic mass is 10.1. The van der Waals surface area contributed by atoms with Crippen molar-refractivity contribution in [2.24, 2.45) is 0 Å². The number of rotatable bonds is 5. The number of anilines is 1. The highest BCUT2D eigenvalue weighted by Crippen LogP contribution is 2.12. The number of nitrogens with two attached hydrogens (primary N) is 1. The largest absolute Gasteiger partial charge is 0.399 e. The van der Waals surface area contributed by atoms with Gasteiger partial charge in [0.2, 0.25) is 5.91 Å². The van der Waals surface area contributed by atoms with E-state index in [2.05, 4.69) is 11.2 Å². The zero-order valence-corrected chi connectivity index (χ0v) is 9.20. The Bertz CT molecular complexity index is 393. The van der Waals surface area contributed by atoms with E-state index in [-0.39, 0.29) is 5.91 Å². The minimum absolute atomic E-state index is 0.0125. The lowest BCUT2D eigenvalue weighted by molar-refractivity contribution is -0.121. The maximum atomic E-state index is 11.4. The molecule has 0 radical (unpaired) electrons. The highest BCUT2D eigenvalue weighted by molar-refractivity contribution is 5.76. The fourth-order valence-electron chi connectivity index (χ4n) is 1.37. The molecule has 0 saturated heterocycles. The van der Waals surface area contributed by atoms with Gasteiger partial charge in [-0.1, -0.05) is 18.2 Å². The molecule has 1 aromatic rings. The minimum atomic E-state index is 0.0125. The average Bonchev–Trinajstić information content (AvgIpc) is 2.28. The van der Waals surface area contributed by atoms with Gasteiger partial charge < -0.3 is 11.1 Å². The molecule has 0 saturated carbocycles. The first-order valence-corrected chi connectivity index (χ1v) is 5.27. The van der Waals surface area contributed by atoms with Crippen molar-refractivity contribution in [1.29, 1.82) is 0 Å². The summed E-state index contributed by atoms with van der Waals surface area (Å²) in [6, 6.07) is 7.57. The molecule has 0 bridgehead atoms. The van der Waals surface area contributed by atoms with Crippen molar-refractivity contribution in [3.8, 4) is 12.3 Å². The third-order valence-electron chi connectivity index (χ3n) is 2.27. The Hall–Kier alpha value is -1.95. The Kier molecular flexibility index (Phi) is 4.94. The molecular weight excluding hydrogens is 200 g/mol. The standard InChI is InChI=1S/C13H16N2O/c1-2-3-10-15-13(16)9-8-11-6-4-5-7-12(11)14/h1,4-7H,3,8-10,14H2,(H,15,16). The maximum Gasteiger partial charge on any atom is 0.220 e. The molecule has 84 valence electrons. The van der Waals surface area contributed by atoms with Crippen LogP contribution in [0.1, 0.15) is 18.4 Å². The molecule has 0 spiro atoms. The summed E-state index contributed by atoms with van der Waals surface area (Å²) in [4.78, 5) is 11.4. The monoisotopic (exact) mass is 216 g/mol. The Morgan fingerprint density at radius 1 is 1.44 bits per heavy atom. The third kappa shape index (κ3) is 4.05. The van der Waals surface area contributed by atoms with Crippen LogP contribution >= 0.6 is 0 Å². The van der Waals surface area contributed by atoms with E-state index < -0.39 is 0 Å². The number of hydrogen-bond donors (Lipinski definition) is 2. The topological polar surface area (TPSA) is 55.1 Å². The SMILES string of the molecule is C#CCCNC(=O)CCc1ccccc1N. The molecule has 0 unspecified atom stereocenters. The summed E-state index contributed by atoms with van der Waals surface area (Å²) < 4.78 is 0. The van der Waals surface area contributed by atoms with Crippen LogP contribution in [0.5, 0.6) is 0 Å². The predicted molar refractivity (Wildman–Crippen MR) is 65.6 cm³/mol. The quantitative estimate of drug-likeness (QED) is 0.443. The van der Waals surface area contributed by atoms with E-state index in [1.165, 1.54) is 0 Å².